The SMILES string of the molecule is Cc1ccc2c(CC(=O)N/N=C3\CCCc4oc(C(=O)NNC(=O)c5ccccc5[N+](=O)[O-])c(C)c43)coc2c1C. The molecule has 0 aliphatic heterocycles. The van der Waals surface area contributed by atoms with Crippen LogP contribution in [0, 0.1) is 30.9 Å². The summed E-state index contributed by atoms with van der Waals surface area (Å²) in [6.07, 6.45) is 3.50. The number of hydrogen-bond donors (Lipinski definition) is 3. The van der Waals surface area contributed by atoms with Crippen LogP contribution in [0.3, 0.4) is 0 Å². The number of nitrogens with zero attached hydrogens (tertiary/aromatic N) is 2. The third kappa shape index (κ3) is 5.31. The molecule has 0 saturated heterocycles. The average Bonchev–Trinajstić information content (AvgIpc) is 3.53. The highest BCUT2D eigenvalue weighted by molar-refractivity contribution is 6.07. The van der Waals surface area contributed by atoms with Gasteiger partial charge in [-0.25, -0.2) is 5.43 Å². The van der Waals surface area contributed by atoms with E-state index in [2.05, 4.69) is 21.4 Å². The first kappa shape index (κ1) is 27.3. The van der Waals surface area contributed by atoms with Crippen LogP contribution in [-0.2, 0) is 17.6 Å². The third-order valence-corrected chi connectivity index (χ3v) is 7.18. The van der Waals surface area contributed by atoms with Crippen molar-refractivity contribution in [2.75, 3.05) is 0 Å². The fourth-order valence-electron chi connectivity index (χ4n) is 4.93. The molecular weight excluding hydrogens is 530 g/mol. The lowest BCUT2D eigenvalue weighted by molar-refractivity contribution is -0.385. The topological polar surface area (TPSA) is 169 Å². The minimum absolute atomic E-state index is 0.0330. The Labute approximate surface area is 233 Å². The normalized spacial score (nSPS) is 13.6. The van der Waals surface area contributed by atoms with Crippen molar-refractivity contribution in [1.82, 2.24) is 16.3 Å². The Morgan fingerprint density at radius 3 is 2.54 bits per heavy atom. The van der Waals surface area contributed by atoms with Crippen molar-refractivity contribution in [2.24, 2.45) is 5.10 Å². The highest BCUT2D eigenvalue weighted by Gasteiger charge is 2.29. The quantitative estimate of drug-likeness (QED) is 0.234. The smallest absolute Gasteiger partial charge is 0.305 e. The fraction of sp³-hybridized carbons (Fsp3) is 0.241. The van der Waals surface area contributed by atoms with Crippen molar-refractivity contribution in [3.8, 4) is 0 Å². The van der Waals surface area contributed by atoms with E-state index >= 15 is 0 Å². The molecule has 0 radical (unpaired) electrons. The van der Waals surface area contributed by atoms with Crippen LogP contribution in [0.25, 0.3) is 11.0 Å². The minimum Gasteiger partial charge on any atom is -0.464 e. The van der Waals surface area contributed by atoms with Crippen molar-refractivity contribution in [1.29, 1.82) is 0 Å². The van der Waals surface area contributed by atoms with Gasteiger partial charge in [-0.3, -0.25) is 35.3 Å². The second-order valence-electron chi connectivity index (χ2n) is 9.81. The van der Waals surface area contributed by atoms with E-state index in [0.29, 0.717) is 41.9 Å². The number of benzene rings is 2. The van der Waals surface area contributed by atoms with Gasteiger partial charge in [0.2, 0.25) is 5.91 Å². The summed E-state index contributed by atoms with van der Waals surface area (Å²) in [6.45, 7) is 5.66. The summed E-state index contributed by atoms with van der Waals surface area (Å²) in [4.78, 5) is 48.6. The zero-order chi connectivity index (χ0) is 29.3. The highest BCUT2D eigenvalue weighted by Crippen LogP contribution is 2.30. The molecule has 41 heavy (non-hydrogen) atoms. The van der Waals surface area contributed by atoms with Crippen molar-refractivity contribution < 1.29 is 28.1 Å². The highest BCUT2D eigenvalue weighted by atomic mass is 16.6. The van der Waals surface area contributed by atoms with Crippen molar-refractivity contribution >= 4 is 40.1 Å². The number of carbonyl (C=O) groups excluding carboxylic acids is 3. The predicted molar refractivity (Wildman–Crippen MR) is 148 cm³/mol. The molecule has 1 aliphatic rings. The molecule has 0 fully saturated rings. The van der Waals surface area contributed by atoms with Gasteiger partial charge in [-0.15, -0.1) is 0 Å². The molecule has 1 aliphatic carbocycles. The van der Waals surface area contributed by atoms with E-state index in [1.807, 2.05) is 26.0 Å². The Morgan fingerprint density at radius 1 is 1.00 bits per heavy atom. The molecule has 0 spiro atoms. The lowest BCUT2D eigenvalue weighted by Crippen LogP contribution is -2.42. The van der Waals surface area contributed by atoms with Gasteiger partial charge in [0.05, 0.1) is 23.3 Å². The molecule has 3 amide bonds. The lowest BCUT2D eigenvalue weighted by atomic mass is 9.93. The number of hydrogen-bond acceptors (Lipinski definition) is 8. The Bertz CT molecular complexity index is 1750. The van der Waals surface area contributed by atoms with Crippen molar-refractivity contribution in [3.63, 3.8) is 0 Å². The number of furan rings is 2. The number of aryl methyl sites for hydroxylation is 3. The van der Waals surface area contributed by atoms with Gasteiger partial charge in [-0.05, 0) is 50.8 Å². The van der Waals surface area contributed by atoms with E-state index in [1.165, 1.54) is 24.3 Å². The Morgan fingerprint density at radius 2 is 1.76 bits per heavy atom. The molecule has 12 nitrogen and oxygen atoms in total. The third-order valence-electron chi connectivity index (χ3n) is 7.18. The summed E-state index contributed by atoms with van der Waals surface area (Å²) in [7, 11) is 0. The zero-order valence-electron chi connectivity index (χ0n) is 22.6. The molecule has 5 rings (SSSR count). The maximum atomic E-state index is 12.9. The largest absolute Gasteiger partial charge is 0.464 e. The minimum atomic E-state index is -0.847. The number of nitro groups is 1. The second kappa shape index (κ2) is 11.1. The summed E-state index contributed by atoms with van der Waals surface area (Å²) < 4.78 is 11.5. The van der Waals surface area contributed by atoms with E-state index in [4.69, 9.17) is 8.83 Å². The first-order valence-corrected chi connectivity index (χ1v) is 12.9. The van der Waals surface area contributed by atoms with E-state index in [0.717, 1.165) is 27.7 Å². The number of hydrazine groups is 1. The van der Waals surface area contributed by atoms with Crippen molar-refractivity contribution in [2.45, 2.75) is 46.5 Å². The molecule has 2 aromatic heterocycles. The molecule has 0 saturated carbocycles. The van der Waals surface area contributed by atoms with E-state index < -0.39 is 22.4 Å². The number of para-hydroxylation sites is 1. The Hall–Kier alpha value is -5.26. The van der Waals surface area contributed by atoms with E-state index in [1.54, 1.807) is 13.2 Å². The molecule has 2 aromatic carbocycles. The number of rotatable bonds is 6. The molecule has 2 heterocycles. The van der Waals surface area contributed by atoms with Gasteiger partial charge in [0, 0.05) is 34.6 Å². The molecule has 0 atom stereocenters. The van der Waals surface area contributed by atoms with Crippen LogP contribution < -0.4 is 16.3 Å². The first-order valence-electron chi connectivity index (χ1n) is 12.9. The van der Waals surface area contributed by atoms with Gasteiger partial charge in [0.15, 0.2) is 5.76 Å². The molecule has 210 valence electrons. The lowest BCUT2D eigenvalue weighted by Gasteiger charge is -2.13. The van der Waals surface area contributed by atoms with Crippen LogP contribution in [0.5, 0.6) is 0 Å². The second-order valence-corrected chi connectivity index (χ2v) is 9.81. The number of hydrazone groups is 1. The molecule has 12 heteroatoms. The number of nitrogens with one attached hydrogen (secondary N) is 3. The van der Waals surface area contributed by atoms with Crippen LogP contribution in [0.2, 0.25) is 0 Å². The summed E-state index contributed by atoms with van der Waals surface area (Å²) >= 11 is 0. The van der Waals surface area contributed by atoms with Gasteiger partial charge in [-0.2, -0.15) is 5.10 Å². The van der Waals surface area contributed by atoms with Crippen LogP contribution in [0.4, 0.5) is 5.69 Å². The van der Waals surface area contributed by atoms with Gasteiger partial charge in [0.25, 0.3) is 11.6 Å². The Balaban J connectivity index is 1.28. The molecular formula is C29H27N5O7. The summed E-state index contributed by atoms with van der Waals surface area (Å²) in [5, 5.41) is 16.4. The fourth-order valence-corrected chi connectivity index (χ4v) is 4.93. The monoisotopic (exact) mass is 557 g/mol. The van der Waals surface area contributed by atoms with Gasteiger partial charge < -0.3 is 8.83 Å². The standard InChI is InChI=1S/C29H27N5O7/c1-15-11-12-19-18(14-40-26(19)16(15)2)13-24(35)31-30-21-8-6-10-23-25(21)17(3)27(41-23)29(37)33-32-28(36)20-7-4-5-9-22(20)34(38)39/h4-5,7,9,11-12,14H,6,8,10,13H2,1-3H3,(H,31,35)(H,32,36)(H,33,37)/b30-21+. The molecule has 4 aromatic rings. The number of nitro benzene ring substituents is 1. The zero-order valence-corrected chi connectivity index (χ0v) is 22.6. The summed E-state index contributed by atoms with van der Waals surface area (Å²) in [5.74, 6) is -1.38. The summed E-state index contributed by atoms with van der Waals surface area (Å²) in [6, 6.07) is 9.32. The van der Waals surface area contributed by atoms with E-state index in [-0.39, 0.29) is 23.7 Å². The van der Waals surface area contributed by atoms with E-state index in [9.17, 15) is 24.5 Å². The van der Waals surface area contributed by atoms with Crippen LogP contribution in [0.15, 0.2) is 56.6 Å². The van der Waals surface area contributed by atoms with Gasteiger partial charge >= 0.3 is 5.91 Å². The maximum absolute atomic E-state index is 12.9. The maximum Gasteiger partial charge on any atom is 0.305 e. The number of amides is 3. The van der Waals surface area contributed by atoms with Gasteiger partial charge in [0.1, 0.15) is 16.9 Å². The Kier molecular flexibility index (Phi) is 7.38. The number of fused-ring (bicyclic) bond motifs is 2. The van der Waals surface area contributed by atoms with Crippen LogP contribution in [0.1, 0.15) is 67.3 Å². The molecule has 0 unspecified atom stereocenters. The van der Waals surface area contributed by atoms with Gasteiger partial charge in [-0.1, -0.05) is 24.3 Å². The molecule has 3 N–H and O–H groups in total. The van der Waals surface area contributed by atoms with Crippen LogP contribution >= 0.6 is 0 Å². The molecule has 0 bridgehead atoms. The first-order chi connectivity index (χ1) is 19.7. The van der Waals surface area contributed by atoms with Crippen LogP contribution in [-0.4, -0.2) is 28.4 Å². The number of carbonyl (C=O) groups is 3. The average molecular weight is 558 g/mol. The predicted octanol–water partition coefficient (Wildman–Crippen LogP) is 4.33. The summed E-state index contributed by atoms with van der Waals surface area (Å²) in [5.41, 5.74) is 11.8. The van der Waals surface area contributed by atoms with Crippen molar-refractivity contribution in [3.05, 3.63) is 97.7 Å².